The lowest BCUT2D eigenvalue weighted by molar-refractivity contribution is -0.119. The highest BCUT2D eigenvalue weighted by molar-refractivity contribution is 5.92. The molecule has 0 saturated carbocycles. The number of carbonyl (C=O) groups excluding carboxylic acids is 1. The summed E-state index contributed by atoms with van der Waals surface area (Å²) in [5.74, 6) is -0.00242. The molecule has 2 aromatic rings. The maximum atomic E-state index is 12.2. The maximum Gasteiger partial charge on any atom is 0.227 e. The zero-order valence-corrected chi connectivity index (χ0v) is 12.8. The average molecular weight is 282 g/mol. The van der Waals surface area contributed by atoms with Crippen molar-refractivity contribution >= 4 is 17.3 Å². The van der Waals surface area contributed by atoms with E-state index in [-0.39, 0.29) is 11.8 Å². The van der Waals surface area contributed by atoms with Crippen LogP contribution in [0.1, 0.15) is 12.5 Å². The van der Waals surface area contributed by atoms with Gasteiger partial charge in [-0.2, -0.15) is 0 Å². The second kappa shape index (κ2) is 6.93. The summed E-state index contributed by atoms with van der Waals surface area (Å²) in [6.45, 7) is 1.95. The van der Waals surface area contributed by atoms with E-state index < -0.39 is 0 Å². The molecule has 0 saturated heterocycles. The molecule has 2 aromatic carbocycles. The van der Waals surface area contributed by atoms with Crippen molar-refractivity contribution in [1.29, 1.82) is 0 Å². The van der Waals surface area contributed by atoms with Crippen LogP contribution in [0.25, 0.3) is 0 Å². The molecule has 0 heterocycles. The molecule has 110 valence electrons. The van der Waals surface area contributed by atoms with E-state index in [9.17, 15) is 4.79 Å². The summed E-state index contributed by atoms with van der Waals surface area (Å²) in [7, 11) is 3.99. The Morgan fingerprint density at radius 1 is 1.05 bits per heavy atom. The monoisotopic (exact) mass is 282 g/mol. The minimum absolute atomic E-state index is 0.0523. The summed E-state index contributed by atoms with van der Waals surface area (Å²) in [5.41, 5.74) is 3.14. The molecule has 0 fully saturated rings. The molecule has 3 nitrogen and oxygen atoms in total. The quantitative estimate of drug-likeness (QED) is 0.909. The molecule has 0 spiro atoms. The van der Waals surface area contributed by atoms with Crippen molar-refractivity contribution in [2.75, 3.05) is 24.3 Å². The zero-order valence-electron chi connectivity index (χ0n) is 12.8. The number of carbonyl (C=O) groups is 1. The van der Waals surface area contributed by atoms with Crippen LogP contribution in [-0.4, -0.2) is 20.0 Å². The molecule has 21 heavy (non-hydrogen) atoms. The van der Waals surface area contributed by atoms with E-state index in [1.165, 1.54) is 5.56 Å². The summed E-state index contributed by atoms with van der Waals surface area (Å²) in [6, 6.07) is 18.0. The standard InChI is InChI=1S/C18H22N2O/c1-14(13-15-7-5-4-6-8-15)18(21)19-16-9-11-17(12-10-16)20(2)3/h4-12,14H,13H2,1-3H3,(H,19,21). The Kier molecular flexibility index (Phi) is 4.99. The molecule has 0 aliphatic carbocycles. The van der Waals surface area contributed by atoms with Crippen LogP contribution in [0.2, 0.25) is 0 Å². The summed E-state index contributed by atoms with van der Waals surface area (Å²) in [6.07, 6.45) is 0.752. The topological polar surface area (TPSA) is 32.3 Å². The Hall–Kier alpha value is -2.29. The van der Waals surface area contributed by atoms with Gasteiger partial charge in [0, 0.05) is 31.4 Å². The van der Waals surface area contributed by atoms with Gasteiger partial charge in [0.05, 0.1) is 0 Å². The summed E-state index contributed by atoms with van der Waals surface area (Å²) in [5, 5.41) is 2.97. The van der Waals surface area contributed by atoms with Crippen LogP contribution in [-0.2, 0) is 11.2 Å². The Balaban J connectivity index is 1.94. The SMILES string of the molecule is CC(Cc1ccccc1)C(=O)Nc1ccc(N(C)C)cc1. The van der Waals surface area contributed by atoms with E-state index in [2.05, 4.69) is 17.4 Å². The smallest absolute Gasteiger partial charge is 0.227 e. The number of benzene rings is 2. The van der Waals surface area contributed by atoms with E-state index in [0.29, 0.717) is 0 Å². The van der Waals surface area contributed by atoms with Crippen LogP contribution in [0, 0.1) is 5.92 Å². The Labute approximate surface area is 126 Å². The van der Waals surface area contributed by atoms with Gasteiger partial charge in [-0.25, -0.2) is 0 Å². The first kappa shape index (κ1) is 15.1. The van der Waals surface area contributed by atoms with Gasteiger partial charge >= 0.3 is 0 Å². The second-order valence-corrected chi connectivity index (χ2v) is 5.52. The Morgan fingerprint density at radius 3 is 2.24 bits per heavy atom. The highest BCUT2D eigenvalue weighted by Gasteiger charge is 2.13. The van der Waals surface area contributed by atoms with Crippen molar-refractivity contribution in [2.24, 2.45) is 5.92 Å². The van der Waals surface area contributed by atoms with Gasteiger partial charge in [-0.3, -0.25) is 4.79 Å². The van der Waals surface area contributed by atoms with Crippen LogP contribution >= 0.6 is 0 Å². The fraction of sp³-hybridized carbons (Fsp3) is 0.278. The van der Waals surface area contributed by atoms with E-state index >= 15 is 0 Å². The van der Waals surface area contributed by atoms with Crippen molar-refractivity contribution in [3.8, 4) is 0 Å². The first-order valence-corrected chi connectivity index (χ1v) is 7.18. The van der Waals surface area contributed by atoms with Gasteiger partial charge in [-0.15, -0.1) is 0 Å². The molecule has 3 heteroatoms. The largest absolute Gasteiger partial charge is 0.378 e. The zero-order chi connectivity index (χ0) is 15.2. The van der Waals surface area contributed by atoms with Crippen molar-refractivity contribution in [2.45, 2.75) is 13.3 Å². The van der Waals surface area contributed by atoms with Gasteiger partial charge < -0.3 is 10.2 Å². The number of hydrogen-bond acceptors (Lipinski definition) is 2. The Morgan fingerprint density at radius 2 is 1.67 bits per heavy atom. The van der Waals surface area contributed by atoms with Crippen LogP contribution in [0.5, 0.6) is 0 Å². The third kappa shape index (κ3) is 4.35. The van der Waals surface area contributed by atoms with E-state index in [4.69, 9.17) is 0 Å². The number of amides is 1. The number of nitrogens with zero attached hydrogens (tertiary/aromatic N) is 1. The van der Waals surface area contributed by atoms with Gasteiger partial charge in [-0.1, -0.05) is 37.3 Å². The highest BCUT2D eigenvalue weighted by atomic mass is 16.1. The molecule has 0 bridgehead atoms. The van der Waals surface area contributed by atoms with Crippen molar-refractivity contribution in [3.05, 3.63) is 60.2 Å². The van der Waals surface area contributed by atoms with Gasteiger partial charge in [0.1, 0.15) is 0 Å². The predicted octanol–water partition coefficient (Wildman–Crippen LogP) is 3.57. The number of hydrogen-bond donors (Lipinski definition) is 1. The fourth-order valence-electron chi connectivity index (χ4n) is 2.17. The van der Waals surface area contributed by atoms with E-state index in [1.54, 1.807) is 0 Å². The molecule has 1 unspecified atom stereocenters. The molecule has 0 aliphatic heterocycles. The van der Waals surface area contributed by atoms with Crippen molar-refractivity contribution in [1.82, 2.24) is 0 Å². The molecule has 0 aliphatic rings. The number of anilines is 2. The molecule has 1 amide bonds. The first-order chi connectivity index (χ1) is 10.1. The van der Waals surface area contributed by atoms with Crippen molar-refractivity contribution in [3.63, 3.8) is 0 Å². The second-order valence-electron chi connectivity index (χ2n) is 5.52. The molecule has 1 atom stereocenters. The van der Waals surface area contributed by atoms with Gasteiger partial charge in [-0.05, 0) is 36.2 Å². The minimum atomic E-state index is -0.0547. The Bertz CT molecular complexity index is 576. The first-order valence-electron chi connectivity index (χ1n) is 7.18. The van der Waals surface area contributed by atoms with Crippen LogP contribution in [0.4, 0.5) is 11.4 Å². The van der Waals surface area contributed by atoms with Crippen molar-refractivity contribution < 1.29 is 4.79 Å². The van der Waals surface area contributed by atoms with Gasteiger partial charge in [0.25, 0.3) is 0 Å². The lowest BCUT2D eigenvalue weighted by Gasteiger charge is -2.15. The molecule has 2 rings (SSSR count). The third-order valence-electron chi connectivity index (χ3n) is 3.48. The summed E-state index contributed by atoms with van der Waals surface area (Å²) < 4.78 is 0. The molecular weight excluding hydrogens is 260 g/mol. The van der Waals surface area contributed by atoms with Crippen LogP contribution in [0.15, 0.2) is 54.6 Å². The average Bonchev–Trinajstić information content (AvgIpc) is 2.48. The fourth-order valence-corrected chi connectivity index (χ4v) is 2.17. The molecule has 1 N–H and O–H groups in total. The van der Waals surface area contributed by atoms with Crippen LogP contribution in [0.3, 0.4) is 0 Å². The molecular formula is C18H22N2O. The highest BCUT2D eigenvalue weighted by Crippen LogP contribution is 2.17. The number of rotatable bonds is 5. The van der Waals surface area contributed by atoms with E-state index in [1.807, 2.05) is 68.4 Å². The normalized spacial score (nSPS) is 11.8. The summed E-state index contributed by atoms with van der Waals surface area (Å²) in [4.78, 5) is 14.2. The lowest BCUT2D eigenvalue weighted by atomic mass is 10.0. The molecule has 0 aromatic heterocycles. The number of nitrogens with one attached hydrogen (secondary N) is 1. The summed E-state index contributed by atoms with van der Waals surface area (Å²) >= 11 is 0. The van der Waals surface area contributed by atoms with Gasteiger partial charge in [0.2, 0.25) is 5.91 Å². The van der Waals surface area contributed by atoms with Crippen LogP contribution < -0.4 is 10.2 Å². The maximum absolute atomic E-state index is 12.2. The molecule has 0 radical (unpaired) electrons. The van der Waals surface area contributed by atoms with E-state index in [0.717, 1.165) is 17.8 Å². The van der Waals surface area contributed by atoms with Gasteiger partial charge in [0.15, 0.2) is 0 Å². The lowest BCUT2D eigenvalue weighted by Crippen LogP contribution is -2.22. The predicted molar refractivity (Wildman–Crippen MR) is 88.7 cm³/mol. The third-order valence-corrected chi connectivity index (χ3v) is 3.48. The minimum Gasteiger partial charge on any atom is -0.378 e.